The van der Waals surface area contributed by atoms with Gasteiger partial charge in [-0.05, 0) is 24.3 Å². The van der Waals surface area contributed by atoms with Crippen molar-refractivity contribution in [1.82, 2.24) is 0 Å². The van der Waals surface area contributed by atoms with E-state index in [1.165, 1.54) is 0 Å². The van der Waals surface area contributed by atoms with Crippen LogP contribution in [0.1, 0.15) is 12.8 Å². The minimum atomic E-state index is -4.20. The quantitative estimate of drug-likeness (QED) is 0.173. The molecular formula is C12H18O11S4. The molecule has 1 unspecified atom stereocenters. The third-order valence-corrected chi connectivity index (χ3v) is 7.28. The first-order valence-electron chi connectivity index (χ1n) is 7.30. The number of hydrogen-bond donors (Lipinski definition) is 4. The molecule has 27 heavy (non-hydrogen) atoms. The van der Waals surface area contributed by atoms with Gasteiger partial charge in [0, 0.05) is 5.75 Å². The van der Waals surface area contributed by atoms with Crippen LogP contribution in [0.3, 0.4) is 0 Å². The Bertz CT molecular complexity index is 814. The van der Waals surface area contributed by atoms with Crippen molar-refractivity contribution in [2.45, 2.75) is 18.4 Å². The normalized spacial score (nSPS) is 20.7. The zero-order valence-electron chi connectivity index (χ0n) is 13.7. The Hall–Kier alpha value is -1.00. The Kier molecular flexibility index (Phi) is 8.43. The van der Waals surface area contributed by atoms with Crippen molar-refractivity contribution in [3.63, 3.8) is 0 Å². The van der Waals surface area contributed by atoms with E-state index in [1.54, 1.807) is 0 Å². The summed E-state index contributed by atoms with van der Waals surface area (Å²) in [4.78, 5) is 23.1. The van der Waals surface area contributed by atoms with Gasteiger partial charge >= 0.3 is 11.9 Å². The van der Waals surface area contributed by atoms with Crippen molar-refractivity contribution in [2.75, 3.05) is 28.8 Å². The molecule has 0 fully saturated rings. The average Bonchev–Trinajstić information content (AvgIpc) is 2.74. The lowest BCUT2D eigenvalue weighted by molar-refractivity contribution is -0.165. The van der Waals surface area contributed by atoms with Gasteiger partial charge in [-0.2, -0.15) is 28.6 Å². The first-order chi connectivity index (χ1) is 12.3. The van der Waals surface area contributed by atoms with Gasteiger partial charge < -0.3 is 14.9 Å². The molecule has 0 aliphatic carbocycles. The van der Waals surface area contributed by atoms with Crippen LogP contribution in [0.2, 0.25) is 0 Å². The number of rotatable bonds is 12. The fraction of sp³-hybridized carbons (Fsp3) is 0.667. The predicted octanol–water partition coefficient (Wildman–Crippen LogP) is 0.158. The molecule has 1 aliphatic rings. The van der Waals surface area contributed by atoms with E-state index in [0.717, 1.165) is 23.5 Å². The molecule has 0 aromatic carbocycles. The molecular weight excluding hydrogens is 448 g/mol. The van der Waals surface area contributed by atoms with E-state index in [9.17, 15) is 36.6 Å². The highest BCUT2D eigenvalue weighted by molar-refractivity contribution is 8.03. The van der Waals surface area contributed by atoms with E-state index in [2.05, 4.69) is 0 Å². The molecule has 0 radical (unpaired) electrons. The lowest BCUT2D eigenvalue weighted by atomic mass is 10.1. The summed E-state index contributed by atoms with van der Waals surface area (Å²) in [6.07, 6.45) is -0.0364. The summed E-state index contributed by atoms with van der Waals surface area (Å²) in [5.74, 6) is -5.00. The lowest BCUT2D eigenvalue weighted by Gasteiger charge is -2.25. The molecule has 11 nitrogen and oxygen atoms in total. The first kappa shape index (κ1) is 24.0. The van der Waals surface area contributed by atoms with Gasteiger partial charge in [0.2, 0.25) is 5.76 Å². The maximum atomic E-state index is 11.7. The minimum Gasteiger partial charge on any atom is -0.501 e. The van der Waals surface area contributed by atoms with E-state index in [1.807, 2.05) is 0 Å². The van der Waals surface area contributed by atoms with Crippen molar-refractivity contribution in [3.05, 3.63) is 10.7 Å². The molecule has 1 heterocycles. The zero-order valence-corrected chi connectivity index (χ0v) is 17.0. The molecule has 0 bridgehead atoms. The molecule has 0 aromatic rings. The maximum absolute atomic E-state index is 11.7. The molecule has 4 N–H and O–H groups in total. The van der Waals surface area contributed by atoms with Crippen LogP contribution in [-0.4, -0.2) is 82.5 Å². The summed E-state index contributed by atoms with van der Waals surface area (Å²) >= 11 is 1.66. The van der Waals surface area contributed by atoms with Crippen LogP contribution in [0, 0.1) is 0 Å². The van der Waals surface area contributed by atoms with E-state index in [-0.39, 0.29) is 35.0 Å². The zero-order chi connectivity index (χ0) is 20.9. The van der Waals surface area contributed by atoms with Gasteiger partial charge in [0.15, 0.2) is 0 Å². The molecule has 15 heteroatoms. The number of aliphatic carboxylic acids is 1. The smallest absolute Gasteiger partial charge is 0.375 e. The predicted molar refractivity (Wildman–Crippen MR) is 98.0 cm³/mol. The third kappa shape index (κ3) is 7.50. The number of esters is 1. The lowest BCUT2D eigenvalue weighted by Crippen LogP contribution is -2.43. The molecule has 0 spiro atoms. The molecule has 0 saturated carbocycles. The fourth-order valence-corrected chi connectivity index (χ4v) is 5.72. The van der Waals surface area contributed by atoms with Crippen LogP contribution >= 0.6 is 23.5 Å². The number of carbonyl (C=O) groups is 2. The number of carboxylic acids is 1. The fourth-order valence-electron chi connectivity index (χ4n) is 1.99. The summed E-state index contributed by atoms with van der Waals surface area (Å²) in [6, 6.07) is 0. The van der Waals surface area contributed by atoms with Crippen molar-refractivity contribution < 1.29 is 50.5 Å². The topological polar surface area (TPSA) is 193 Å². The van der Waals surface area contributed by atoms with Gasteiger partial charge in [0.1, 0.15) is 0 Å². The van der Waals surface area contributed by atoms with Crippen LogP contribution in [0.15, 0.2) is 10.7 Å². The first-order valence-corrected chi connectivity index (χ1v) is 12.7. The van der Waals surface area contributed by atoms with Crippen molar-refractivity contribution in [3.8, 4) is 0 Å². The minimum absolute atomic E-state index is 0.0156. The Morgan fingerprint density at radius 2 is 1.56 bits per heavy atom. The number of thioether (sulfide) groups is 2. The standard InChI is InChI=1S/C12H18O11S4/c13-8-9(25-4-2-6-27(20,21)22)12(11(15)16,23-10(8)14)7-24-3-1-5-26(17,18)19/h13H,1-7H2,(H,15,16)(H,17,18,19)(H,20,21,22). The second-order valence-electron chi connectivity index (χ2n) is 5.38. The molecule has 1 rings (SSSR count). The van der Waals surface area contributed by atoms with Gasteiger partial charge in [-0.25, -0.2) is 9.59 Å². The van der Waals surface area contributed by atoms with Crippen LogP contribution < -0.4 is 0 Å². The van der Waals surface area contributed by atoms with E-state index in [4.69, 9.17) is 13.8 Å². The van der Waals surface area contributed by atoms with E-state index >= 15 is 0 Å². The highest BCUT2D eigenvalue weighted by Gasteiger charge is 2.54. The maximum Gasteiger partial charge on any atom is 0.375 e. The molecule has 0 aromatic heterocycles. The highest BCUT2D eigenvalue weighted by atomic mass is 32.2. The van der Waals surface area contributed by atoms with Gasteiger partial charge in [-0.3, -0.25) is 9.11 Å². The second-order valence-corrected chi connectivity index (χ2v) is 10.7. The Balaban J connectivity index is 2.79. The number of carbonyl (C=O) groups excluding carboxylic acids is 1. The molecule has 0 saturated heterocycles. The third-order valence-electron chi connectivity index (χ3n) is 3.18. The van der Waals surface area contributed by atoms with E-state index in [0.29, 0.717) is 0 Å². The summed E-state index contributed by atoms with van der Waals surface area (Å²) in [6.45, 7) is 0. The Morgan fingerprint density at radius 1 is 1.04 bits per heavy atom. The van der Waals surface area contributed by atoms with Crippen LogP contribution in [0.25, 0.3) is 0 Å². The number of aliphatic hydroxyl groups is 1. The second kappa shape index (κ2) is 9.47. The SMILES string of the molecule is O=C1OC(CSCCCS(=O)(=O)O)(C(=O)O)C(SCCCS(=O)(=O)O)=C1O. The van der Waals surface area contributed by atoms with Gasteiger partial charge in [0.05, 0.1) is 16.4 Å². The number of carboxylic acid groups (broad SMARTS) is 1. The number of ether oxygens (including phenoxy) is 1. The summed E-state index contributed by atoms with van der Waals surface area (Å²) in [5, 5.41) is 19.4. The summed E-state index contributed by atoms with van der Waals surface area (Å²) in [5.41, 5.74) is -2.19. The van der Waals surface area contributed by atoms with Gasteiger partial charge in [0.25, 0.3) is 25.8 Å². The molecule has 1 atom stereocenters. The number of aliphatic hydroxyl groups excluding tert-OH is 1. The Labute approximate surface area is 164 Å². The largest absolute Gasteiger partial charge is 0.501 e. The van der Waals surface area contributed by atoms with Crippen molar-refractivity contribution >= 4 is 55.7 Å². The van der Waals surface area contributed by atoms with Gasteiger partial charge in [-0.1, -0.05) is 0 Å². The molecule has 0 amide bonds. The summed E-state index contributed by atoms with van der Waals surface area (Å²) in [7, 11) is -8.35. The Morgan fingerprint density at radius 3 is 2.04 bits per heavy atom. The van der Waals surface area contributed by atoms with Crippen molar-refractivity contribution in [2.24, 2.45) is 0 Å². The molecule has 156 valence electrons. The monoisotopic (exact) mass is 466 g/mol. The number of cyclic esters (lactones) is 1. The van der Waals surface area contributed by atoms with Crippen LogP contribution in [0.5, 0.6) is 0 Å². The average molecular weight is 467 g/mol. The highest BCUT2D eigenvalue weighted by Crippen LogP contribution is 2.42. The van der Waals surface area contributed by atoms with E-state index < -0.39 is 55.0 Å². The number of hydrogen-bond acceptors (Lipinski definition) is 10. The van der Waals surface area contributed by atoms with Crippen molar-refractivity contribution in [1.29, 1.82) is 0 Å². The van der Waals surface area contributed by atoms with Crippen LogP contribution in [0.4, 0.5) is 0 Å². The summed E-state index contributed by atoms with van der Waals surface area (Å²) < 4.78 is 64.9. The molecule has 1 aliphatic heterocycles. The van der Waals surface area contributed by atoms with Crippen LogP contribution in [-0.2, 0) is 34.6 Å². The van der Waals surface area contributed by atoms with Gasteiger partial charge in [-0.15, -0.1) is 11.8 Å².